The van der Waals surface area contributed by atoms with E-state index in [1.54, 1.807) is 15.9 Å². The van der Waals surface area contributed by atoms with Gasteiger partial charge in [-0.3, -0.25) is 14.2 Å². The molecule has 1 amide bonds. The molecule has 2 heterocycles. The Morgan fingerprint density at radius 3 is 2.72 bits per heavy atom. The van der Waals surface area contributed by atoms with Gasteiger partial charge < -0.3 is 5.32 Å². The molecule has 0 saturated heterocycles. The van der Waals surface area contributed by atoms with Crippen molar-refractivity contribution in [1.29, 1.82) is 0 Å². The Bertz CT molecular complexity index is 850. The molecule has 0 bridgehead atoms. The van der Waals surface area contributed by atoms with E-state index in [2.05, 4.69) is 5.32 Å². The summed E-state index contributed by atoms with van der Waals surface area (Å²) in [5, 5.41) is 4.21. The van der Waals surface area contributed by atoms with Gasteiger partial charge in [-0.15, -0.1) is 11.3 Å². The number of nitrogens with one attached hydrogen (secondary N) is 1. The first-order valence-corrected chi connectivity index (χ1v) is 10.6. The summed E-state index contributed by atoms with van der Waals surface area (Å²) in [5.74, 6) is 0.0347. The van der Waals surface area contributed by atoms with E-state index in [4.69, 9.17) is 4.98 Å². The van der Waals surface area contributed by atoms with Crippen LogP contribution in [0.3, 0.4) is 0 Å². The van der Waals surface area contributed by atoms with Crippen molar-refractivity contribution < 1.29 is 4.79 Å². The van der Waals surface area contributed by atoms with Gasteiger partial charge in [0.1, 0.15) is 4.83 Å². The number of thiophene rings is 1. The predicted octanol–water partition coefficient (Wildman–Crippen LogP) is 3.63. The lowest BCUT2D eigenvalue weighted by Crippen LogP contribution is -2.38. The van der Waals surface area contributed by atoms with Crippen molar-refractivity contribution in [2.45, 2.75) is 76.4 Å². The fourth-order valence-corrected chi connectivity index (χ4v) is 5.33. The van der Waals surface area contributed by atoms with Crippen molar-refractivity contribution in [2.24, 2.45) is 0 Å². The highest BCUT2D eigenvalue weighted by Crippen LogP contribution is 2.30. The molecule has 1 aliphatic rings. The number of rotatable bonds is 5. The molecule has 1 atom stereocenters. The van der Waals surface area contributed by atoms with E-state index in [0.29, 0.717) is 17.7 Å². The molecule has 1 aliphatic carbocycles. The Balaban J connectivity index is 1.87. The number of aromatic nitrogens is 2. The number of hydrogen-bond acceptors (Lipinski definition) is 5. The van der Waals surface area contributed by atoms with Crippen molar-refractivity contribution in [3.8, 4) is 0 Å². The lowest BCUT2D eigenvalue weighted by molar-refractivity contribution is -0.120. The quantitative estimate of drug-likeness (QED) is 0.636. The van der Waals surface area contributed by atoms with Crippen molar-refractivity contribution in [2.75, 3.05) is 0 Å². The SMILES string of the molecule is CCn1c(S[C@H](C)C(=O)NC2CCCC2)nc2sc(C)c(C)c2c1=O. The summed E-state index contributed by atoms with van der Waals surface area (Å²) in [5.41, 5.74) is 1.02. The second kappa shape index (κ2) is 7.50. The minimum absolute atomic E-state index is 0.000232. The summed E-state index contributed by atoms with van der Waals surface area (Å²) in [6.45, 7) is 8.37. The third-order valence-corrected chi connectivity index (χ3v) is 7.11. The highest BCUT2D eigenvalue weighted by atomic mass is 32.2. The second-order valence-electron chi connectivity index (χ2n) is 6.66. The van der Waals surface area contributed by atoms with Crippen LogP contribution in [0.2, 0.25) is 0 Å². The van der Waals surface area contributed by atoms with E-state index in [-0.39, 0.29) is 16.7 Å². The van der Waals surface area contributed by atoms with Crippen molar-refractivity contribution in [3.63, 3.8) is 0 Å². The smallest absolute Gasteiger partial charge is 0.263 e. The third kappa shape index (κ3) is 3.62. The summed E-state index contributed by atoms with van der Waals surface area (Å²) in [6.07, 6.45) is 4.52. The molecule has 1 fully saturated rings. The Morgan fingerprint density at radius 1 is 1.40 bits per heavy atom. The van der Waals surface area contributed by atoms with Gasteiger partial charge in [0.15, 0.2) is 5.16 Å². The van der Waals surface area contributed by atoms with E-state index in [0.717, 1.165) is 33.5 Å². The van der Waals surface area contributed by atoms with Gasteiger partial charge in [-0.1, -0.05) is 24.6 Å². The molecule has 2 aromatic rings. The molecule has 5 nitrogen and oxygen atoms in total. The van der Waals surface area contributed by atoms with Crippen molar-refractivity contribution in [3.05, 3.63) is 20.8 Å². The average Bonchev–Trinajstić information content (AvgIpc) is 3.16. The van der Waals surface area contributed by atoms with Crippen molar-refractivity contribution in [1.82, 2.24) is 14.9 Å². The molecule has 2 aromatic heterocycles. The molecule has 7 heteroatoms. The standard InChI is InChI=1S/C18H25N3O2S2/c1-5-21-17(23)14-10(2)11(3)24-16(14)20-18(21)25-12(4)15(22)19-13-8-6-7-9-13/h12-13H,5-9H2,1-4H3,(H,19,22)/t12-/m1/s1. The zero-order valence-electron chi connectivity index (χ0n) is 15.2. The van der Waals surface area contributed by atoms with Crippen LogP contribution in [0.25, 0.3) is 10.2 Å². The van der Waals surface area contributed by atoms with Crippen LogP contribution in [0.15, 0.2) is 9.95 Å². The normalized spacial score (nSPS) is 16.5. The molecule has 0 aromatic carbocycles. The van der Waals surface area contributed by atoms with Gasteiger partial charge in [-0.2, -0.15) is 0 Å². The number of amides is 1. The van der Waals surface area contributed by atoms with Gasteiger partial charge in [-0.25, -0.2) is 4.98 Å². The fourth-order valence-electron chi connectivity index (χ4n) is 3.28. The maximum absolute atomic E-state index is 12.9. The number of carbonyl (C=O) groups is 1. The number of aryl methyl sites for hydroxylation is 2. The zero-order valence-corrected chi connectivity index (χ0v) is 16.9. The van der Waals surface area contributed by atoms with Gasteiger partial charge in [0, 0.05) is 17.5 Å². The fraction of sp³-hybridized carbons (Fsp3) is 0.611. The molecule has 0 aliphatic heterocycles. The summed E-state index contributed by atoms with van der Waals surface area (Å²) < 4.78 is 1.69. The summed E-state index contributed by atoms with van der Waals surface area (Å²) in [7, 11) is 0. The maximum Gasteiger partial charge on any atom is 0.263 e. The van der Waals surface area contributed by atoms with Crippen LogP contribution in [0, 0.1) is 13.8 Å². The van der Waals surface area contributed by atoms with Gasteiger partial charge in [-0.05, 0) is 46.1 Å². The van der Waals surface area contributed by atoms with E-state index >= 15 is 0 Å². The Labute approximate surface area is 156 Å². The van der Waals surface area contributed by atoms with Gasteiger partial charge in [0.2, 0.25) is 5.91 Å². The molecular formula is C18H25N3O2S2. The molecule has 1 N–H and O–H groups in total. The van der Waals surface area contributed by atoms with E-state index in [1.165, 1.54) is 24.6 Å². The number of nitrogens with zero attached hydrogens (tertiary/aromatic N) is 2. The minimum Gasteiger partial charge on any atom is -0.352 e. The Hall–Kier alpha value is -1.34. The third-order valence-electron chi connectivity index (χ3n) is 4.92. The van der Waals surface area contributed by atoms with Crippen LogP contribution < -0.4 is 10.9 Å². The van der Waals surface area contributed by atoms with Crippen LogP contribution >= 0.6 is 23.1 Å². The van der Waals surface area contributed by atoms with Gasteiger partial charge in [0.05, 0.1) is 10.6 Å². The number of carbonyl (C=O) groups excluding carboxylic acids is 1. The van der Waals surface area contributed by atoms with E-state index < -0.39 is 0 Å². The monoisotopic (exact) mass is 379 g/mol. The first-order valence-electron chi connectivity index (χ1n) is 8.90. The average molecular weight is 380 g/mol. The van der Waals surface area contributed by atoms with E-state index in [9.17, 15) is 9.59 Å². The molecule has 25 heavy (non-hydrogen) atoms. The minimum atomic E-state index is -0.273. The molecular weight excluding hydrogens is 354 g/mol. The summed E-state index contributed by atoms with van der Waals surface area (Å²) >= 11 is 2.93. The number of hydrogen-bond donors (Lipinski definition) is 1. The summed E-state index contributed by atoms with van der Waals surface area (Å²) in [4.78, 5) is 31.9. The molecule has 0 spiro atoms. The highest BCUT2D eigenvalue weighted by molar-refractivity contribution is 8.00. The Morgan fingerprint density at radius 2 is 2.08 bits per heavy atom. The van der Waals surface area contributed by atoms with Gasteiger partial charge >= 0.3 is 0 Å². The largest absolute Gasteiger partial charge is 0.352 e. The van der Waals surface area contributed by atoms with Gasteiger partial charge in [0.25, 0.3) is 5.56 Å². The maximum atomic E-state index is 12.9. The van der Waals surface area contributed by atoms with Crippen LogP contribution in [0.1, 0.15) is 50.0 Å². The number of thioether (sulfide) groups is 1. The lowest BCUT2D eigenvalue weighted by Gasteiger charge is -2.17. The van der Waals surface area contributed by atoms with Crippen molar-refractivity contribution >= 4 is 39.2 Å². The van der Waals surface area contributed by atoms with E-state index in [1.807, 2.05) is 27.7 Å². The van der Waals surface area contributed by atoms with Crippen LogP contribution in [0.5, 0.6) is 0 Å². The lowest BCUT2D eigenvalue weighted by atomic mass is 10.2. The molecule has 1 saturated carbocycles. The first kappa shape index (κ1) is 18.5. The van der Waals surface area contributed by atoms with Crippen LogP contribution in [0.4, 0.5) is 0 Å². The molecule has 0 radical (unpaired) electrons. The predicted molar refractivity (Wildman–Crippen MR) is 105 cm³/mol. The van der Waals surface area contributed by atoms with Crippen LogP contribution in [-0.4, -0.2) is 26.8 Å². The first-order chi connectivity index (χ1) is 11.9. The molecule has 136 valence electrons. The van der Waals surface area contributed by atoms with Crippen LogP contribution in [-0.2, 0) is 11.3 Å². The molecule has 0 unspecified atom stereocenters. The number of fused-ring (bicyclic) bond motifs is 1. The topological polar surface area (TPSA) is 64.0 Å². The summed E-state index contributed by atoms with van der Waals surface area (Å²) in [6, 6.07) is 0.307. The second-order valence-corrected chi connectivity index (χ2v) is 9.17. The zero-order chi connectivity index (χ0) is 18.1. The Kier molecular flexibility index (Phi) is 5.53. The molecule has 3 rings (SSSR count). The highest BCUT2D eigenvalue weighted by Gasteiger charge is 2.24.